The number of nitrogens with one attached hydrogen (secondary N) is 1. The minimum absolute atomic E-state index is 0.300. The molecule has 0 aromatic heterocycles. The molecule has 0 amide bonds. The van der Waals surface area contributed by atoms with Crippen LogP contribution in [0.25, 0.3) is 0 Å². The van der Waals surface area contributed by atoms with Gasteiger partial charge in [0.1, 0.15) is 18.5 Å². The van der Waals surface area contributed by atoms with Crippen molar-refractivity contribution in [1.82, 2.24) is 5.32 Å². The molecule has 0 heterocycles. The molecule has 1 fully saturated rings. The van der Waals surface area contributed by atoms with Crippen molar-refractivity contribution >= 4 is 23.4 Å². The van der Waals surface area contributed by atoms with Crippen LogP contribution in [0.15, 0.2) is 24.3 Å². The molecule has 1 aliphatic carbocycles. The molecule has 0 radical (unpaired) electrons. The Bertz CT molecular complexity index is 415. The summed E-state index contributed by atoms with van der Waals surface area (Å²) in [5.74, 6) is 1.92. The molecule has 3 atom stereocenters. The molecule has 0 aliphatic heterocycles. The van der Waals surface area contributed by atoms with Crippen LogP contribution in [0.3, 0.4) is 0 Å². The number of aliphatic hydroxyl groups is 1. The van der Waals surface area contributed by atoms with Gasteiger partial charge in [0.05, 0.1) is 0 Å². The summed E-state index contributed by atoms with van der Waals surface area (Å²) >= 11 is 7.86. The molecule has 0 saturated heterocycles. The summed E-state index contributed by atoms with van der Waals surface area (Å²) in [4.78, 5) is 0. The smallest absolute Gasteiger partial charge is 0.119 e. The summed E-state index contributed by atoms with van der Waals surface area (Å²) in [5, 5.41) is 14.9. The van der Waals surface area contributed by atoms with E-state index in [4.69, 9.17) is 16.3 Å². The van der Waals surface area contributed by atoms with E-state index in [0.717, 1.165) is 11.0 Å². The van der Waals surface area contributed by atoms with Gasteiger partial charge in [-0.1, -0.05) is 18.5 Å². The average Bonchev–Trinajstić information content (AvgIpc) is 2.93. The van der Waals surface area contributed by atoms with Crippen LogP contribution in [0.2, 0.25) is 5.02 Å². The molecule has 2 N–H and O–H groups in total. The molecule has 118 valence electrons. The number of thioether (sulfide) groups is 1. The van der Waals surface area contributed by atoms with Crippen molar-refractivity contribution < 1.29 is 9.84 Å². The number of benzene rings is 1. The highest BCUT2D eigenvalue weighted by atomic mass is 35.5. The largest absolute Gasteiger partial charge is 0.491 e. The van der Waals surface area contributed by atoms with Gasteiger partial charge in [-0.05, 0) is 49.3 Å². The Labute approximate surface area is 136 Å². The van der Waals surface area contributed by atoms with E-state index < -0.39 is 6.10 Å². The highest BCUT2D eigenvalue weighted by Gasteiger charge is 2.24. The number of halogens is 1. The average molecular weight is 330 g/mol. The molecule has 1 aliphatic rings. The van der Waals surface area contributed by atoms with Crippen molar-refractivity contribution in [2.75, 3.05) is 18.9 Å². The van der Waals surface area contributed by atoms with Crippen molar-refractivity contribution in [2.45, 2.75) is 43.6 Å². The lowest BCUT2D eigenvalue weighted by Gasteiger charge is -2.17. The SMILES string of the molecule is CCSC1CCC(NCC(O)COc2ccc(Cl)cc2)C1. The Morgan fingerprint density at radius 3 is 2.86 bits per heavy atom. The van der Waals surface area contributed by atoms with Gasteiger partial charge in [-0.15, -0.1) is 0 Å². The zero-order valence-electron chi connectivity index (χ0n) is 12.4. The van der Waals surface area contributed by atoms with Crippen molar-refractivity contribution in [2.24, 2.45) is 0 Å². The predicted octanol–water partition coefficient (Wildman–Crippen LogP) is 3.34. The molecule has 3 nitrogen and oxygen atoms in total. The zero-order chi connectivity index (χ0) is 15.1. The van der Waals surface area contributed by atoms with Crippen LogP contribution in [-0.4, -0.2) is 41.4 Å². The molecule has 2 rings (SSSR count). The molecular weight excluding hydrogens is 306 g/mol. The zero-order valence-corrected chi connectivity index (χ0v) is 14.0. The number of ether oxygens (including phenoxy) is 1. The van der Waals surface area contributed by atoms with E-state index in [0.29, 0.717) is 24.2 Å². The van der Waals surface area contributed by atoms with E-state index in [1.54, 1.807) is 12.1 Å². The molecule has 3 unspecified atom stereocenters. The molecule has 0 spiro atoms. The van der Waals surface area contributed by atoms with Gasteiger partial charge in [-0.3, -0.25) is 0 Å². The third-order valence-corrected chi connectivity index (χ3v) is 5.17. The molecule has 21 heavy (non-hydrogen) atoms. The van der Waals surface area contributed by atoms with Gasteiger partial charge >= 0.3 is 0 Å². The maximum Gasteiger partial charge on any atom is 0.119 e. The van der Waals surface area contributed by atoms with Gasteiger partial charge in [0, 0.05) is 22.9 Å². The van der Waals surface area contributed by atoms with Crippen molar-refractivity contribution in [1.29, 1.82) is 0 Å². The fourth-order valence-electron chi connectivity index (χ4n) is 2.60. The van der Waals surface area contributed by atoms with Gasteiger partial charge in [0.25, 0.3) is 0 Å². The Balaban J connectivity index is 1.61. The van der Waals surface area contributed by atoms with Crippen LogP contribution < -0.4 is 10.1 Å². The first-order chi connectivity index (χ1) is 10.2. The Kier molecular flexibility index (Phi) is 7.17. The molecule has 1 aromatic carbocycles. The maximum absolute atomic E-state index is 9.98. The lowest BCUT2D eigenvalue weighted by molar-refractivity contribution is 0.104. The fourth-order valence-corrected chi connectivity index (χ4v) is 3.87. The van der Waals surface area contributed by atoms with Gasteiger partial charge in [-0.25, -0.2) is 0 Å². The van der Waals surface area contributed by atoms with Crippen LogP contribution in [0.1, 0.15) is 26.2 Å². The minimum Gasteiger partial charge on any atom is -0.491 e. The van der Waals surface area contributed by atoms with Crippen molar-refractivity contribution in [3.8, 4) is 5.75 Å². The number of aliphatic hydroxyl groups excluding tert-OH is 1. The first-order valence-electron chi connectivity index (χ1n) is 7.58. The van der Waals surface area contributed by atoms with Gasteiger partial charge in [-0.2, -0.15) is 11.8 Å². The number of hydrogen-bond acceptors (Lipinski definition) is 4. The number of rotatable bonds is 8. The summed E-state index contributed by atoms with van der Waals surface area (Å²) in [6.07, 6.45) is 3.22. The van der Waals surface area contributed by atoms with Gasteiger partial charge in [0.15, 0.2) is 0 Å². The Hall–Kier alpha value is -0.420. The minimum atomic E-state index is -0.487. The van der Waals surface area contributed by atoms with Crippen LogP contribution in [-0.2, 0) is 0 Å². The second-order valence-electron chi connectivity index (χ2n) is 5.41. The summed E-state index contributed by atoms with van der Waals surface area (Å²) in [7, 11) is 0. The lowest BCUT2D eigenvalue weighted by atomic mass is 10.2. The summed E-state index contributed by atoms with van der Waals surface area (Å²) in [6, 6.07) is 7.73. The molecule has 1 aromatic rings. The monoisotopic (exact) mass is 329 g/mol. The van der Waals surface area contributed by atoms with E-state index in [9.17, 15) is 5.11 Å². The van der Waals surface area contributed by atoms with E-state index in [2.05, 4.69) is 12.2 Å². The summed E-state index contributed by atoms with van der Waals surface area (Å²) < 4.78 is 5.54. The van der Waals surface area contributed by atoms with Crippen molar-refractivity contribution in [3.63, 3.8) is 0 Å². The van der Waals surface area contributed by atoms with E-state index in [1.165, 1.54) is 25.0 Å². The molecular formula is C16H24ClNO2S. The normalized spacial score (nSPS) is 23.2. The third kappa shape index (κ3) is 6.07. The van der Waals surface area contributed by atoms with E-state index in [1.807, 2.05) is 23.9 Å². The standard InChI is InChI=1S/C16H24ClNO2S/c1-2-21-16-8-5-13(9-16)18-10-14(19)11-20-15-6-3-12(17)4-7-15/h3-4,6-7,13-14,16,18-19H,2,5,8-11H2,1H3. The summed E-state index contributed by atoms with van der Waals surface area (Å²) in [6.45, 7) is 3.10. The van der Waals surface area contributed by atoms with Crippen LogP contribution >= 0.6 is 23.4 Å². The Morgan fingerprint density at radius 2 is 2.14 bits per heavy atom. The Morgan fingerprint density at radius 1 is 1.38 bits per heavy atom. The highest BCUT2D eigenvalue weighted by molar-refractivity contribution is 7.99. The van der Waals surface area contributed by atoms with Crippen molar-refractivity contribution in [3.05, 3.63) is 29.3 Å². The second kappa shape index (κ2) is 8.89. The molecule has 5 heteroatoms. The van der Waals surface area contributed by atoms with E-state index >= 15 is 0 Å². The first kappa shape index (κ1) is 16.9. The van der Waals surface area contributed by atoms with Gasteiger partial charge < -0.3 is 15.2 Å². The van der Waals surface area contributed by atoms with E-state index in [-0.39, 0.29) is 0 Å². The fraction of sp³-hybridized carbons (Fsp3) is 0.625. The summed E-state index contributed by atoms with van der Waals surface area (Å²) in [5.41, 5.74) is 0. The quantitative estimate of drug-likeness (QED) is 0.767. The maximum atomic E-state index is 9.98. The first-order valence-corrected chi connectivity index (χ1v) is 9.01. The van der Waals surface area contributed by atoms with Crippen LogP contribution in [0, 0.1) is 0 Å². The molecule has 1 saturated carbocycles. The van der Waals surface area contributed by atoms with Gasteiger partial charge in [0.2, 0.25) is 0 Å². The second-order valence-corrected chi connectivity index (χ2v) is 7.43. The topological polar surface area (TPSA) is 41.5 Å². The predicted molar refractivity (Wildman–Crippen MR) is 90.5 cm³/mol. The number of hydrogen-bond donors (Lipinski definition) is 2. The van der Waals surface area contributed by atoms with Crippen LogP contribution in [0.5, 0.6) is 5.75 Å². The highest BCUT2D eigenvalue weighted by Crippen LogP contribution is 2.29. The third-order valence-electron chi connectivity index (χ3n) is 3.69. The van der Waals surface area contributed by atoms with Crippen LogP contribution in [0.4, 0.5) is 0 Å². The lowest BCUT2D eigenvalue weighted by Crippen LogP contribution is -2.37. The molecule has 0 bridgehead atoms.